The molecule has 0 spiro atoms. The van der Waals surface area contributed by atoms with Gasteiger partial charge >= 0.3 is 6.03 Å². The number of amides is 4. The van der Waals surface area contributed by atoms with Gasteiger partial charge in [-0.15, -0.1) is 0 Å². The maximum absolute atomic E-state index is 13.9. The molecule has 0 bridgehead atoms. The minimum absolute atomic E-state index is 0.140. The van der Waals surface area contributed by atoms with Gasteiger partial charge in [-0.1, -0.05) is 18.2 Å². The molecule has 11 heteroatoms. The van der Waals surface area contributed by atoms with Crippen LogP contribution in [0.3, 0.4) is 0 Å². The Kier molecular flexibility index (Phi) is 8.50. The molecule has 3 heterocycles. The molecule has 11 nitrogen and oxygen atoms in total. The van der Waals surface area contributed by atoms with Crippen molar-refractivity contribution in [2.75, 3.05) is 13.7 Å². The van der Waals surface area contributed by atoms with Gasteiger partial charge in [0.25, 0.3) is 0 Å². The van der Waals surface area contributed by atoms with Gasteiger partial charge in [0.05, 0.1) is 35.9 Å². The lowest BCUT2D eigenvalue weighted by atomic mass is 9.93. The van der Waals surface area contributed by atoms with Crippen LogP contribution in [-0.2, 0) is 14.4 Å². The van der Waals surface area contributed by atoms with Crippen LogP contribution in [0.2, 0.25) is 0 Å². The van der Waals surface area contributed by atoms with Crippen molar-refractivity contribution in [3.05, 3.63) is 59.8 Å². The lowest BCUT2D eigenvalue weighted by molar-refractivity contribution is -0.138. The Balaban J connectivity index is 1.37. The summed E-state index contributed by atoms with van der Waals surface area (Å²) in [7, 11) is 1.60. The van der Waals surface area contributed by atoms with E-state index in [4.69, 9.17) is 20.2 Å². The zero-order chi connectivity index (χ0) is 32.6. The summed E-state index contributed by atoms with van der Waals surface area (Å²) in [4.78, 5) is 62.8. The first-order chi connectivity index (χ1) is 22.1. The summed E-state index contributed by atoms with van der Waals surface area (Å²) in [5, 5.41) is 3.63. The van der Waals surface area contributed by atoms with Gasteiger partial charge in [-0.25, -0.2) is 9.78 Å². The summed E-state index contributed by atoms with van der Waals surface area (Å²) in [5.74, 6) is -1.60. The first-order valence-corrected chi connectivity index (χ1v) is 15.7. The molecule has 5 atom stereocenters. The molecule has 2 saturated carbocycles. The molecule has 2 fully saturated rings. The van der Waals surface area contributed by atoms with Gasteiger partial charge in [0.2, 0.25) is 18.1 Å². The van der Waals surface area contributed by atoms with Gasteiger partial charge < -0.3 is 20.5 Å². The van der Waals surface area contributed by atoms with E-state index >= 15 is 0 Å². The number of ether oxygens (including phenoxy) is 2. The summed E-state index contributed by atoms with van der Waals surface area (Å²) in [6.45, 7) is 3.99. The van der Waals surface area contributed by atoms with E-state index in [2.05, 4.69) is 10.3 Å². The number of aromatic nitrogens is 2. The largest absolute Gasteiger partial charge is 0.496 e. The minimum atomic E-state index is -1.11. The highest BCUT2D eigenvalue weighted by Gasteiger charge is 2.57. The SMILES string of the molecule is COc1ccc2c(OC3CC4C(=O)NC5([C]=O)CC5/C=C/CCCCN(C(N)=O)C(=O)C4C3)cc(-c3cccc(C)n3)nc2c1C. The molecule has 1 aromatic carbocycles. The predicted octanol–water partition coefficient (Wildman–Crippen LogP) is 4.33. The molecule has 46 heavy (non-hydrogen) atoms. The van der Waals surface area contributed by atoms with Crippen LogP contribution >= 0.6 is 0 Å². The zero-order valence-electron chi connectivity index (χ0n) is 26.2. The molecule has 4 amide bonds. The van der Waals surface area contributed by atoms with E-state index in [9.17, 15) is 19.2 Å². The number of carbonyl (C=O) groups is 3. The molecule has 2 aliphatic carbocycles. The summed E-state index contributed by atoms with van der Waals surface area (Å²) in [6.07, 6.45) is 8.24. The second-order valence-corrected chi connectivity index (χ2v) is 12.5. The van der Waals surface area contributed by atoms with E-state index in [1.165, 1.54) is 0 Å². The van der Waals surface area contributed by atoms with Crippen LogP contribution in [0.25, 0.3) is 22.3 Å². The van der Waals surface area contributed by atoms with Crippen LogP contribution in [0.5, 0.6) is 11.5 Å². The number of allylic oxidation sites excluding steroid dienone is 1. The zero-order valence-corrected chi connectivity index (χ0v) is 26.2. The summed E-state index contributed by atoms with van der Waals surface area (Å²) in [5.41, 5.74) is 8.17. The number of nitrogens with one attached hydrogen (secondary N) is 1. The van der Waals surface area contributed by atoms with Gasteiger partial charge in [-0.2, -0.15) is 0 Å². The van der Waals surface area contributed by atoms with Gasteiger partial charge in [-0.05, 0) is 76.6 Å². The standard InChI is InChI=1S/C35H38N5O6/c1-20-9-8-11-27(37-20)28-17-30(24-12-13-29(45-3)21(2)31(24)38-28)46-23-15-25-26(16-23)33(43)40(34(36)44)14-7-5-4-6-10-22-18-35(22,19-41)39-32(25)42/h6,8-13,17,22-23,25-26H,4-5,7,14-16,18H2,1-3H3,(H2,36,44)(H,39,42)/b10-6+. The van der Waals surface area contributed by atoms with Crippen LogP contribution in [0, 0.1) is 31.6 Å². The van der Waals surface area contributed by atoms with Crippen molar-refractivity contribution in [1.29, 1.82) is 0 Å². The van der Waals surface area contributed by atoms with Gasteiger partial charge in [0.1, 0.15) is 23.1 Å². The maximum Gasteiger partial charge on any atom is 0.321 e. The van der Waals surface area contributed by atoms with E-state index in [1.807, 2.05) is 68.7 Å². The number of methoxy groups -OCH3 is 1. The van der Waals surface area contributed by atoms with Crippen molar-refractivity contribution >= 4 is 35.0 Å². The highest BCUT2D eigenvalue weighted by Crippen LogP contribution is 2.45. The summed E-state index contributed by atoms with van der Waals surface area (Å²) >= 11 is 0. The number of nitrogens with zero attached hydrogens (tertiary/aromatic N) is 3. The number of hydrogen-bond acceptors (Lipinski definition) is 8. The molecule has 239 valence electrons. The molecule has 2 aromatic heterocycles. The number of hydrogen-bond donors (Lipinski definition) is 2. The van der Waals surface area contributed by atoms with Crippen molar-refractivity contribution in [2.45, 2.75) is 64.0 Å². The van der Waals surface area contributed by atoms with Crippen LogP contribution < -0.4 is 20.5 Å². The second-order valence-electron chi connectivity index (χ2n) is 12.5. The van der Waals surface area contributed by atoms with Crippen LogP contribution in [0.15, 0.2) is 48.6 Å². The number of fused-ring (bicyclic) bond motifs is 3. The summed E-state index contributed by atoms with van der Waals surface area (Å²) < 4.78 is 12.2. The molecule has 5 unspecified atom stereocenters. The fourth-order valence-corrected chi connectivity index (χ4v) is 6.79. The van der Waals surface area contributed by atoms with E-state index in [-0.39, 0.29) is 25.3 Å². The topological polar surface area (TPSA) is 154 Å². The number of pyridine rings is 2. The molecule has 0 saturated heterocycles. The Bertz CT molecular complexity index is 1740. The number of primary amides is 1. The smallest absolute Gasteiger partial charge is 0.321 e. The Labute approximate surface area is 267 Å². The average molecular weight is 625 g/mol. The number of urea groups is 1. The predicted molar refractivity (Wildman–Crippen MR) is 171 cm³/mol. The number of nitrogens with two attached hydrogens (primary N) is 1. The average Bonchev–Trinajstić information content (AvgIpc) is 3.55. The molecular weight excluding hydrogens is 586 g/mol. The molecule has 3 aromatic rings. The normalized spacial score (nSPS) is 27.2. The van der Waals surface area contributed by atoms with Crippen molar-refractivity contribution in [3.63, 3.8) is 0 Å². The molecule has 1 aliphatic heterocycles. The lowest BCUT2D eigenvalue weighted by Gasteiger charge is -2.26. The van der Waals surface area contributed by atoms with Crippen molar-refractivity contribution < 1.29 is 28.7 Å². The Morgan fingerprint density at radius 1 is 1.07 bits per heavy atom. The Hall–Kier alpha value is -4.80. The molecule has 3 aliphatic rings. The van der Waals surface area contributed by atoms with Crippen LogP contribution in [0.4, 0.5) is 4.79 Å². The third kappa shape index (κ3) is 5.93. The highest BCUT2D eigenvalue weighted by molar-refractivity contribution is 5.98. The third-order valence-electron chi connectivity index (χ3n) is 9.43. The monoisotopic (exact) mass is 624 g/mol. The van der Waals surface area contributed by atoms with E-state index in [0.717, 1.165) is 28.0 Å². The second kappa shape index (κ2) is 12.5. The van der Waals surface area contributed by atoms with E-state index < -0.39 is 41.3 Å². The molecular formula is C35H38N5O6. The van der Waals surface area contributed by atoms with Crippen molar-refractivity contribution in [3.8, 4) is 22.9 Å². The number of benzene rings is 1. The van der Waals surface area contributed by atoms with Gasteiger partial charge in [0.15, 0.2) is 0 Å². The van der Waals surface area contributed by atoms with E-state index in [1.54, 1.807) is 7.11 Å². The fraction of sp³-hybridized carbons (Fsp3) is 0.429. The van der Waals surface area contributed by atoms with Crippen molar-refractivity contribution in [1.82, 2.24) is 20.2 Å². The van der Waals surface area contributed by atoms with Crippen LogP contribution in [0.1, 0.15) is 49.8 Å². The first-order valence-electron chi connectivity index (χ1n) is 15.7. The fourth-order valence-electron chi connectivity index (χ4n) is 6.79. The maximum atomic E-state index is 13.9. The minimum Gasteiger partial charge on any atom is -0.496 e. The van der Waals surface area contributed by atoms with Crippen LogP contribution in [-0.4, -0.2) is 64.3 Å². The number of carbonyl (C=O) groups excluding carboxylic acids is 4. The Morgan fingerprint density at radius 3 is 2.61 bits per heavy atom. The molecule has 1 radical (unpaired) electrons. The number of imide groups is 1. The third-order valence-corrected chi connectivity index (χ3v) is 9.43. The molecule has 6 rings (SSSR count). The van der Waals surface area contributed by atoms with E-state index in [0.29, 0.717) is 47.7 Å². The van der Waals surface area contributed by atoms with Gasteiger partial charge in [-0.3, -0.25) is 24.3 Å². The quantitative estimate of drug-likeness (QED) is 0.398. The molecule has 3 N–H and O–H groups in total. The first kappa shape index (κ1) is 31.2. The Morgan fingerprint density at radius 2 is 1.87 bits per heavy atom. The lowest BCUT2D eigenvalue weighted by Crippen LogP contribution is -2.49. The summed E-state index contributed by atoms with van der Waals surface area (Å²) in [6, 6.07) is 10.4. The van der Waals surface area contributed by atoms with Crippen molar-refractivity contribution in [2.24, 2.45) is 23.5 Å². The number of aryl methyl sites for hydroxylation is 2. The number of rotatable bonds is 5. The highest BCUT2D eigenvalue weighted by atomic mass is 16.5. The van der Waals surface area contributed by atoms with Gasteiger partial charge in [0, 0.05) is 35.2 Å².